The smallest absolute Gasteiger partial charge is 0.315 e. The Hall–Kier alpha value is -1.85. The van der Waals surface area contributed by atoms with Crippen LogP contribution in [0.1, 0.15) is 36.2 Å². The Kier molecular flexibility index (Phi) is 3.64. The van der Waals surface area contributed by atoms with Crippen LogP contribution in [-0.2, 0) is 20.0 Å². The maximum Gasteiger partial charge on any atom is 0.315 e. The van der Waals surface area contributed by atoms with Crippen molar-refractivity contribution in [2.75, 3.05) is 5.32 Å². The van der Waals surface area contributed by atoms with Gasteiger partial charge in [0.05, 0.1) is 5.69 Å². The maximum atomic E-state index is 5.47. The van der Waals surface area contributed by atoms with Crippen molar-refractivity contribution in [2.24, 2.45) is 7.05 Å². The Morgan fingerprint density at radius 2 is 2.06 bits per heavy atom. The normalized spacial score (nSPS) is 10.9. The van der Waals surface area contributed by atoms with Gasteiger partial charge in [0, 0.05) is 31.3 Å². The molecule has 0 fully saturated rings. The van der Waals surface area contributed by atoms with Crippen molar-refractivity contribution in [3.8, 4) is 0 Å². The monoisotopic (exact) mass is 249 g/mol. The summed E-state index contributed by atoms with van der Waals surface area (Å²) in [7, 11) is 1.94. The van der Waals surface area contributed by atoms with Crippen LogP contribution in [0.4, 0.5) is 6.01 Å². The molecule has 2 aromatic rings. The molecular weight excluding hydrogens is 230 g/mol. The number of nitrogens with zero attached hydrogens (tertiary/aromatic N) is 4. The zero-order chi connectivity index (χ0) is 13.1. The minimum atomic E-state index is 0.473. The van der Waals surface area contributed by atoms with Crippen LogP contribution in [0, 0.1) is 13.8 Å². The third-order valence-corrected chi connectivity index (χ3v) is 3.01. The van der Waals surface area contributed by atoms with Crippen LogP contribution in [0.15, 0.2) is 4.42 Å². The van der Waals surface area contributed by atoms with E-state index in [-0.39, 0.29) is 0 Å². The molecule has 18 heavy (non-hydrogen) atoms. The molecule has 0 atom stereocenters. The molecular formula is C12H19N5O. The van der Waals surface area contributed by atoms with E-state index in [1.165, 1.54) is 5.56 Å². The number of hydrogen-bond donors (Lipinski definition) is 1. The van der Waals surface area contributed by atoms with Crippen molar-refractivity contribution in [3.63, 3.8) is 0 Å². The average molecular weight is 249 g/mol. The molecule has 0 amide bonds. The molecule has 0 spiro atoms. The Labute approximate surface area is 106 Å². The second-order valence-electron chi connectivity index (χ2n) is 4.38. The molecule has 1 N–H and O–H groups in total. The molecule has 0 aliphatic carbocycles. The molecule has 6 nitrogen and oxygen atoms in total. The van der Waals surface area contributed by atoms with Gasteiger partial charge in [-0.1, -0.05) is 12.0 Å². The van der Waals surface area contributed by atoms with Gasteiger partial charge in [0.15, 0.2) is 0 Å². The van der Waals surface area contributed by atoms with Crippen molar-refractivity contribution in [1.82, 2.24) is 20.0 Å². The van der Waals surface area contributed by atoms with Gasteiger partial charge in [0.2, 0.25) is 5.89 Å². The summed E-state index contributed by atoms with van der Waals surface area (Å²) in [5.41, 5.74) is 3.34. The summed E-state index contributed by atoms with van der Waals surface area (Å²) in [6.07, 6.45) is 1.82. The molecule has 0 aromatic carbocycles. The third-order valence-electron chi connectivity index (χ3n) is 3.01. The summed E-state index contributed by atoms with van der Waals surface area (Å²) in [4.78, 5) is 0. The van der Waals surface area contributed by atoms with Crippen LogP contribution >= 0.6 is 0 Å². The van der Waals surface area contributed by atoms with Crippen molar-refractivity contribution in [3.05, 3.63) is 22.8 Å². The first-order chi connectivity index (χ1) is 8.61. The second-order valence-corrected chi connectivity index (χ2v) is 4.38. The van der Waals surface area contributed by atoms with E-state index in [9.17, 15) is 0 Å². The Morgan fingerprint density at radius 3 is 2.67 bits per heavy atom. The number of anilines is 1. The maximum absolute atomic E-state index is 5.47. The van der Waals surface area contributed by atoms with Gasteiger partial charge in [0.1, 0.15) is 0 Å². The van der Waals surface area contributed by atoms with Crippen molar-refractivity contribution < 1.29 is 4.42 Å². The number of aryl methyl sites for hydroxylation is 3. The zero-order valence-corrected chi connectivity index (χ0v) is 11.3. The zero-order valence-electron chi connectivity index (χ0n) is 11.3. The number of hydrogen-bond acceptors (Lipinski definition) is 5. The van der Waals surface area contributed by atoms with Gasteiger partial charge in [-0.25, -0.2) is 0 Å². The van der Waals surface area contributed by atoms with E-state index in [0.29, 0.717) is 18.5 Å². The lowest BCUT2D eigenvalue weighted by molar-refractivity contribution is 0.501. The van der Waals surface area contributed by atoms with E-state index < -0.39 is 0 Å². The van der Waals surface area contributed by atoms with Crippen molar-refractivity contribution in [2.45, 2.75) is 40.2 Å². The first kappa shape index (κ1) is 12.6. The van der Waals surface area contributed by atoms with Crippen LogP contribution in [0.5, 0.6) is 0 Å². The summed E-state index contributed by atoms with van der Waals surface area (Å²) in [6.45, 7) is 6.78. The molecule has 2 heterocycles. The van der Waals surface area contributed by atoms with E-state index in [1.54, 1.807) is 0 Å². The molecule has 0 aliphatic rings. The molecule has 2 rings (SSSR count). The van der Waals surface area contributed by atoms with Crippen LogP contribution < -0.4 is 5.32 Å². The Balaban J connectivity index is 2.02. The minimum absolute atomic E-state index is 0.473. The fraction of sp³-hybridized carbons (Fsp3) is 0.583. The van der Waals surface area contributed by atoms with Crippen molar-refractivity contribution in [1.29, 1.82) is 0 Å². The molecule has 0 radical (unpaired) electrons. The highest BCUT2D eigenvalue weighted by Gasteiger charge is 2.10. The second kappa shape index (κ2) is 5.20. The largest absolute Gasteiger partial charge is 0.408 e. The van der Waals surface area contributed by atoms with Gasteiger partial charge in [-0.05, 0) is 20.3 Å². The van der Waals surface area contributed by atoms with Crippen molar-refractivity contribution >= 4 is 6.01 Å². The minimum Gasteiger partial charge on any atom is -0.408 e. The third kappa shape index (κ3) is 2.52. The Bertz CT molecular complexity index is 529. The molecule has 0 saturated carbocycles. The molecule has 2 aromatic heterocycles. The molecule has 0 bridgehead atoms. The van der Waals surface area contributed by atoms with Crippen LogP contribution in [0.25, 0.3) is 0 Å². The molecule has 0 unspecified atom stereocenters. The van der Waals surface area contributed by atoms with Crippen LogP contribution in [0.3, 0.4) is 0 Å². The lowest BCUT2D eigenvalue weighted by Gasteiger charge is -2.02. The number of rotatable bonds is 5. The van der Waals surface area contributed by atoms with E-state index >= 15 is 0 Å². The number of aromatic nitrogens is 4. The summed E-state index contributed by atoms with van der Waals surface area (Å²) < 4.78 is 7.35. The highest BCUT2D eigenvalue weighted by Crippen LogP contribution is 2.14. The van der Waals surface area contributed by atoms with Gasteiger partial charge in [-0.2, -0.15) is 5.10 Å². The fourth-order valence-corrected chi connectivity index (χ4v) is 1.88. The highest BCUT2D eigenvalue weighted by atomic mass is 16.4. The van der Waals surface area contributed by atoms with Gasteiger partial charge >= 0.3 is 6.01 Å². The fourth-order valence-electron chi connectivity index (χ4n) is 1.88. The molecule has 0 saturated heterocycles. The predicted octanol–water partition coefficient (Wildman–Crippen LogP) is 1.98. The first-order valence-corrected chi connectivity index (χ1v) is 6.17. The van der Waals surface area contributed by atoms with E-state index in [2.05, 4.69) is 27.5 Å². The SMILES string of the molecule is CCCc1nnc(NCc2c(C)nn(C)c2C)o1. The van der Waals surface area contributed by atoms with E-state index in [1.807, 2.05) is 25.6 Å². The molecule has 0 aliphatic heterocycles. The predicted molar refractivity (Wildman–Crippen MR) is 68.3 cm³/mol. The Morgan fingerprint density at radius 1 is 1.28 bits per heavy atom. The van der Waals surface area contributed by atoms with E-state index in [4.69, 9.17) is 4.42 Å². The molecule has 98 valence electrons. The highest BCUT2D eigenvalue weighted by molar-refractivity contribution is 5.29. The number of nitrogens with one attached hydrogen (secondary N) is 1. The van der Waals surface area contributed by atoms with Crippen LogP contribution in [-0.4, -0.2) is 20.0 Å². The van der Waals surface area contributed by atoms with Gasteiger partial charge in [0.25, 0.3) is 0 Å². The lowest BCUT2D eigenvalue weighted by Crippen LogP contribution is -2.02. The quantitative estimate of drug-likeness (QED) is 0.877. The average Bonchev–Trinajstić information content (AvgIpc) is 2.85. The van der Waals surface area contributed by atoms with Gasteiger partial charge in [-0.15, -0.1) is 5.10 Å². The van der Waals surface area contributed by atoms with Gasteiger partial charge < -0.3 is 9.73 Å². The van der Waals surface area contributed by atoms with Gasteiger partial charge in [-0.3, -0.25) is 4.68 Å². The summed E-state index contributed by atoms with van der Waals surface area (Å²) in [5.74, 6) is 0.680. The summed E-state index contributed by atoms with van der Waals surface area (Å²) >= 11 is 0. The summed E-state index contributed by atoms with van der Waals surface area (Å²) in [6, 6.07) is 0.473. The lowest BCUT2D eigenvalue weighted by atomic mass is 10.2. The van der Waals surface area contributed by atoms with E-state index in [0.717, 1.165) is 24.2 Å². The summed E-state index contributed by atoms with van der Waals surface area (Å²) in [5, 5.41) is 15.4. The molecule has 6 heteroatoms. The standard InChI is InChI=1S/C12H19N5O/c1-5-6-11-14-15-12(18-11)13-7-10-8(2)16-17(4)9(10)3/h5-7H2,1-4H3,(H,13,15). The first-order valence-electron chi connectivity index (χ1n) is 6.17. The topological polar surface area (TPSA) is 68.8 Å². The van der Waals surface area contributed by atoms with Crippen LogP contribution in [0.2, 0.25) is 0 Å².